The SMILES string of the molecule is CC(CCC1CC1)Nc1cncc(Cl)n1. The smallest absolute Gasteiger partial charge is 0.149 e. The van der Waals surface area contributed by atoms with Crippen molar-refractivity contribution in [3.05, 3.63) is 17.5 Å². The molecule has 1 N–H and O–H groups in total. The highest BCUT2D eigenvalue weighted by molar-refractivity contribution is 6.29. The minimum atomic E-state index is 0.439. The van der Waals surface area contributed by atoms with E-state index in [-0.39, 0.29) is 0 Å². The third kappa shape index (κ3) is 3.67. The van der Waals surface area contributed by atoms with Crippen LogP contribution in [-0.4, -0.2) is 16.0 Å². The Bertz CT molecular complexity index is 325. The normalized spacial score (nSPS) is 17.5. The second kappa shape index (κ2) is 4.79. The van der Waals surface area contributed by atoms with E-state index in [4.69, 9.17) is 11.6 Å². The van der Waals surface area contributed by atoms with Crippen LogP contribution in [0, 0.1) is 5.92 Å². The van der Waals surface area contributed by atoms with Crippen molar-refractivity contribution in [1.29, 1.82) is 0 Å². The molecular weight excluding hydrogens is 210 g/mol. The maximum atomic E-state index is 5.75. The Labute approximate surface area is 95.3 Å². The molecule has 1 heterocycles. The molecule has 0 amide bonds. The predicted octanol–water partition coefficient (Wildman–Crippen LogP) is 3.12. The summed E-state index contributed by atoms with van der Waals surface area (Å²) in [5.41, 5.74) is 0. The first-order valence-corrected chi connectivity index (χ1v) is 5.86. The summed E-state index contributed by atoms with van der Waals surface area (Å²) >= 11 is 5.75. The van der Waals surface area contributed by atoms with Gasteiger partial charge in [0.1, 0.15) is 11.0 Å². The molecule has 3 nitrogen and oxygen atoms in total. The largest absolute Gasteiger partial charge is 0.366 e. The van der Waals surface area contributed by atoms with Crippen LogP contribution < -0.4 is 5.32 Å². The molecule has 2 rings (SSSR count). The lowest BCUT2D eigenvalue weighted by molar-refractivity contribution is 0.608. The van der Waals surface area contributed by atoms with E-state index in [0.29, 0.717) is 11.2 Å². The quantitative estimate of drug-likeness (QED) is 0.837. The molecule has 1 fully saturated rings. The Balaban J connectivity index is 1.79. The van der Waals surface area contributed by atoms with E-state index in [0.717, 1.165) is 11.7 Å². The van der Waals surface area contributed by atoms with E-state index in [1.54, 1.807) is 12.4 Å². The number of rotatable bonds is 5. The zero-order valence-electron chi connectivity index (χ0n) is 8.91. The average Bonchev–Trinajstić information content (AvgIpc) is 2.98. The maximum absolute atomic E-state index is 5.75. The van der Waals surface area contributed by atoms with E-state index >= 15 is 0 Å². The van der Waals surface area contributed by atoms with Crippen molar-refractivity contribution < 1.29 is 0 Å². The van der Waals surface area contributed by atoms with E-state index in [1.165, 1.54) is 25.7 Å². The van der Waals surface area contributed by atoms with Gasteiger partial charge < -0.3 is 5.32 Å². The molecular formula is C11H16ClN3. The van der Waals surface area contributed by atoms with Gasteiger partial charge >= 0.3 is 0 Å². The number of nitrogens with zero attached hydrogens (tertiary/aromatic N) is 2. The van der Waals surface area contributed by atoms with E-state index < -0.39 is 0 Å². The second-order valence-electron chi connectivity index (χ2n) is 4.29. The van der Waals surface area contributed by atoms with Crippen LogP contribution >= 0.6 is 11.6 Å². The van der Waals surface area contributed by atoms with Crippen molar-refractivity contribution in [2.45, 2.75) is 38.6 Å². The van der Waals surface area contributed by atoms with E-state index in [2.05, 4.69) is 22.2 Å². The van der Waals surface area contributed by atoms with E-state index in [1.807, 2.05) is 0 Å². The number of aromatic nitrogens is 2. The van der Waals surface area contributed by atoms with Crippen molar-refractivity contribution in [3.8, 4) is 0 Å². The molecule has 0 radical (unpaired) electrons. The fourth-order valence-electron chi connectivity index (χ4n) is 1.63. The minimum Gasteiger partial charge on any atom is -0.366 e. The van der Waals surface area contributed by atoms with Gasteiger partial charge in [-0.25, -0.2) is 4.98 Å². The third-order valence-electron chi connectivity index (χ3n) is 2.70. The van der Waals surface area contributed by atoms with Gasteiger partial charge in [-0.05, 0) is 25.7 Å². The summed E-state index contributed by atoms with van der Waals surface area (Å²) in [7, 11) is 0. The Kier molecular flexibility index (Phi) is 3.41. The van der Waals surface area contributed by atoms with Gasteiger partial charge in [0.15, 0.2) is 0 Å². The lowest BCUT2D eigenvalue weighted by atomic mass is 10.1. The lowest BCUT2D eigenvalue weighted by Gasteiger charge is -2.13. The average molecular weight is 226 g/mol. The predicted molar refractivity (Wildman–Crippen MR) is 62.1 cm³/mol. The van der Waals surface area contributed by atoms with Crippen LogP contribution in [0.15, 0.2) is 12.4 Å². The summed E-state index contributed by atoms with van der Waals surface area (Å²) < 4.78 is 0. The first-order chi connectivity index (χ1) is 7.24. The number of nitrogens with one attached hydrogen (secondary N) is 1. The van der Waals surface area contributed by atoms with Gasteiger partial charge in [-0.15, -0.1) is 0 Å². The van der Waals surface area contributed by atoms with Crippen LogP contribution in [0.2, 0.25) is 5.15 Å². The van der Waals surface area contributed by atoms with Gasteiger partial charge in [0.25, 0.3) is 0 Å². The molecule has 1 saturated carbocycles. The molecule has 0 bridgehead atoms. The molecule has 0 aromatic carbocycles. The Morgan fingerprint density at radius 2 is 2.33 bits per heavy atom. The zero-order chi connectivity index (χ0) is 10.7. The summed E-state index contributed by atoms with van der Waals surface area (Å²) in [6.45, 7) is 2.17. The van der Waals surface area contributed by atoms with Crippen molar-refractivity contribution in [2.75, 3.05) is 5.32 Å². The van der Waals surface area contributed by atoms with Crippen molar-refractivity contribution in [3.63, 3.8) is 0 Å². The molecule has 1 unspecified atom stereocenters. The molecule has 1 aliphatic rings. The minimum absolute atomic E-state index is 0.439. The van der Waals surface area contributed by atoms with E-state index in [9.17, 15) is 0 Å². The fourth-order valence-corrected chi connectivity index (χ4v) is 1.78. The monoisotopic (exact) mass is 225 g/mol. The van der Waals surface area contributed by atoms with Crippen LogP contribution in [0.4, 0.5) is 5.82 Å². The van der Waals surface area contributed by atoms with Gasteiger partial charge in [-0.1, -0.05) is 24.4 Å². The summed E-state index contributed by atoms with van der Waals surface area (Å²) in [6.07, 6.45) is 8.61. The van der Waals surface area contributed by atoms with Crippen LogP contribution in [0.25, 0.3) is 0 Å². The molecule has 1 aromatic rings. The molecule has 15 heavy (non-hydrogen) atoms. The van der Waals surface area contributed by atoms with Crippen LogP contribution in [0.3, 0.4) is 0 Å². The van der Waals surface area contributed by atoms with Gasteiger partial charge in [-0.2, -0.15) is 0 Å². The summed E-state index contributed by atoms with van der Waals surface area (Å²) in [5.74, 6) is 1.76. The lowest BCUT2D eigenvalue weighted by Crippen LogP contribution is -2.16. The highest BCUT2D eigenvalue weighted by Gasteiger charge is 2.21. The number of hydrogen-bond acceptors (Lipinski definition) is 3. The number of anilines is 1. The molecule has 1 aromatic heterocycles. The van der Waals surface area contributed by atoms with Gasteiger partial charge in [0.05, 0.1) is 12.4 Å². The van der Waals surface area contributed by atoms with Gasteiger partial charge in [0, 0.05) is 6.04 Å². The van der Waals surface area contributed by atoms with Gasteiger partial charge in [-0.3, -0.25) is 4.98 Å². The number of hydrogen-bond donors (Lipinski definition) is 1. The fraction of sp³-hybridized carbons (Fsp3) is 0.636. The molecule has 0 aliphatic heterocycles. The van der Waals surface area contributed by atoms with Crippen LogP contribution in [0.5, 0.6) is 0 Å². The van der Waals surface area contributed by atoms with Crippen molar-refractivity contribution in [2.24, 2.45) is 5.92 Å². The van der Waals surface area contributed by atoms with Crippen LogP contribution in [0.1, 0.15) is 32.6 Å². The molecule has 1 aliphatic carbocycles. The summed E-state index contributed by atoms with van der Waals surface area (Å²) in [4.78, 5) is 8.14. The molecule has 82 valence electrons. The maximum Gasteiger partial charge on any atom is 0.149 e. The van der Waals surface area contributed by atoms with Gasteiger partial charge in [0.2, 0.25) is 0 Å². The molecule has 1 atom stereocenters. The Morgan fingerprint density at radius 3 is 3.00 bits per heavy atom. The summed E-state index contributed by atoms with van der Waals surface area (Å²) in [6, 6.07) is 0.443. The summed E-state index contributed by atoms with van der Waals surface area (Å²) in [5, 5.41) is 3.75. The second-order valence-corrected chi connectivity index (χ2v) is 4.68. The van der Waals surface area contributed by atoms with Crippen molar-refractivity contribution in [1.82, 2.24) is 9.97 Å². The molecule has 4 heteroatoms. The number of halogens is 1. The standard InChI is InChI=1S/C11H16ClN3/c1-8(2-3-9-4-5-9)14-11-7-13-6-10(12)15-11/h6-9H,2-5H2,1H3,(H,14,15). The van der Waals surface area contributed by atoms with Crippen LogP contribution in [-0.2, 0) is 0 Å². The zero-order valence-corrected chi connectivity index (χ0v) is 9.67. The highest BCUT2D eigenvalue weighted by atomic mass is 35.5. The highest BCUT2D eigenvalue weighted by Crippen LogP contribution is 2.34. The Morgan fingerprint density at radius 1 is 1.53 bits per heavy atom. The third-order valence-corrected chi connectivity index (χ3v) is 2.89. The molecule has 0 saturated heterocycles. The first-order valence-electron chi connectivity index (χ1n) is 5.48. The topological polar surface area (TPSA) is 37.8 Å². The van der Waals surface area contributed by atoms with Crippen molar-refractivity contribution >= 4 is 17.4 Å². The molecule has 0 spiro atoms. The first kappa shape index (κ1) is 10.7. The Hall–Kier alpha value is -0.830.